The molecule has 1 fully saturated rings. The van der Waals surface area contributed by atoms with E-state index in [0.717, 1.165) is 5.56 Å². The fourth-order valence-corrected chi connectivity index (χ4v) is 3.41. The van der Waals surface area contributed by atoms with E-state index in [-0.39, 0.29) is 18.2 Å². The zero-order valence-corrected chi connectivity index (χ0v) is 14.6. The summed E-state index contributed by atoms with van der Waals surface area (Å²) < 4.78 is 0.437. The van der Waals surface area contributed by atoms with E-state index < -0.39 is 5.97 Å². The number of carboxylic acid groups (broad SMARTS) is 1. The molecule has 0 bridgehead atoms. The molecule has 0 atom stereocenters. The van der Waals surface area contributed by atoms with Gasteiger partial charge in [-0.15, -0.1) is 0 Å². The second-order valence-electron chi connectivity index (χ2n) is 5.13. The Morgan fingerprint density at radius 1 is 1.33 bits per heavy atom. The second-order valence-corrected chi connectivity index (χ2v) is 6.81. The lowest BCUT2D eigenvalue weighted by Gasteiger charge is -2.13. The first-order chi connectivity index (χ1) is 11.4. The maximum atomic E-state index is 12.4. The number of carboxylic acids is 1. The molecule has 2 rings (SSSR count). The number of hydrogen-bond acceptors (Lipinski definition) is 5. The van der Waals surface area contributed by atoms with Gasteiger partial charge in [0.2, 0.25) is 5.91 Å². The van der Waals surface area contributed by atoms with Crippen molar-refractivity contribution in [3.8, 4) is 0 Å². The fourth-order valence-electron chi connectivity index (χ4n) is 2.10. The van der Waals surface area contributed by atoms with Gasteiger partial charge >= 0.3 is 5.97 Å². The van der Waals surface area contributed by atoms with Gasteiger partial charge in [-0.1, -0.05) is 36.1 Å². The Morgan fingerprint density at radius 3 is 2.58 bits per heavy atom. The summed E-state index contributed by atoms with van der Waals surface area (Å²) in [6, 6.07) is 7.09. The molecule has 0 spiro atoms. The first-order valence-electron chi connectivity index (χ1n) is 7.21. The largest absolute Gasteiger partial charge is 0.481 e. The minimum absolute atomic E-state index is 0.000713. The van der Waals surface area contributed by atoms with Crippen LogP contribution in [0.5, 0.6) is 0 Å². The van der Waals surface area contributed by atoms with E-state index in [4.69, 9.17) is 17.3 Å². The van der Waals surface area contributed by atoms with Crippen LogP contribution in [0.2, 0.25) is 0 Å². The predicted molar refractivity (Wildman–Crippen MR) is 97.5 cm³/mol. The molecule has 2 N–H and O–H groups in total. The lowest BCUT2D eigenvalue weighted by molar-refractivity contribution is -0.137. The number of thioether (sulfide) groups is 1. The van der Waals surface area contributed by atoms with E-state index >= 15 is 0 Å². The van der Waals surface area contributed by atoms with Crippen molar-refractivity contribution in [3.63, 3.8) is 0 Å². The third-order valence-corrected chi connectivity index (χ3v) is 4.55. The maximum Gasteiger partial charge on any atom is 0.303 e. The molecule has 1 saturated heterocycles. The molecule has 0 radical (unpaired) electrons. The van der Waals surface area contributed by atoms with Gasteiger partial charge in [-0.2, -0.15) is 0 Å². The molecule has 0 aromatic heterocycles. The first kappa shape index (κ1) is 18.2. The highest BCUT2D eigenvalue weighted by atomic mass is 32.2. The number of amides is 2. The minimum Gasteiger partial charge on any atom is -0.481 e. The summed E-state index contributed by atoms with van der Waals surface area (Å²) in [6.45, 7) is 1.74. The van der Waals surface area contributed by atoms with Gasteiger partial charge in [0.1, 0.15) is 4.32 Å². The first-order valence-corrected chi connectivity index (χ1v) is 8.44. The predicted octanol–water partition coefficient (Wildman–Crippen LogP) is 2.71. The Balaban J connectivity index is 2.05. The molecule has 24 heavy (non-hydrogen) atoms. The molecule has 1 aromatic rings. The van der Waals surface area contributed by atoms with Crippen molar-refractivity contribution in [2.75, 3.05) is 11.9 Å². The summed E-state index contributed by atoms with van der Waals surface area (Å²) in [5, 5.41) is 11.3. The van der Waals surface area contributed by atoms with Crippen LogP contribution in [0.1, 0.15) is 25.3 Å². The number of benzene rings is 1. The molecule has 0 unspecified atom stereocenters. The summed E-state index contributed by atoms with van der Waals surface area (Å²) in [5.74, 6) is -1.25. The highest BCUT2D eigenvalue weighted by molar-refractivity contribution is 8.26. The van der Waals surface area contributed by atoms with E-state index in [1.807, 2.05) is 0 Å². The lowest BCUT2D eigenvalue weighted by Crippen LogP contribution is -2.29. The van der Waals surface area contributed by atoms with Crippen LogP contribution in [0.3, 0.4) is 0 Å². The minimum atomic E-state index is -0.893. The number of aliphatic carboxylic acids is 1. The molecular weight excluding hydrogens is 348 g/mol. The quantitative estimate of drug-likeness (QED) is 0.596. The zero-order chi connectivity index (χ0) is 17.7. The van der Waals surface area contributed by atoms with Crippen LogP contribution in [0.4, 0.5) is 5.69 Å². The van der Waals surface area contributed by atoms with Gasteiger partial charge in [0.05, 0.1) is 4.91 Å². The van der Waals surface area contributed by atoms with Crippen molar-refractivity contribution >= 4 is 57.8 Å². The second kappa shape index (κ2) is 8.07. The van der Waals surface area contributed by atoms with Crippen molar-refractivity contribution < 1.29 is 19.5 Å². The van der Waals surface area contributed by atoms with Gasteiger partial charge in [-0.25, -0.2) is 0 Å². The highest BCUT2D eigenvalue weighted by Gasteiger charge is 2.31. The Hall–Kier alpha value is -2.19. The highest BCUT2D eigenvalue weighted by Crippen LogP contribution is 2.32. The average Bonchev–Trinajstić information content (AvgIpc) is 2.76. The van der Waals surface area contributed by atoms with Gasteiger partial charge in [0.25, 0.3) is 5.91 Å². The Morgan fingerprint density at radius 2 is 2.00 bits per heavy atom. The Kier molecular flexibility index (Phi) is 6.10. The van der Waals surface area contributed by atoms with Crippen molar-refractivity contribution in [3.05, 3.63) is 34.7 Å². The van der Waals surface area contributed by atoms with E-state index in [1.165, 1.54) is 23.6 Å². The molecule has 1 aliphatic heterocycles. The lowest BCUT2D eigenvalue weighted by atomic mass is 10.2. The summed E-state index contributed by atoms with van der Waals surface area (Å²) in [7, 11) is 0. The molecule has 2 amide bonds. The molecule has 6 nitrogen and oxygen atoms in total. The zero-order valence-electron chi connectivity index (χ0n) is 12.9. The Labute approximate surface area is 148 Å². The van der Waals surface area contributed by atoms with Gasteiger partial charge in [0.15, 0.2) is 0 Å². The number of nitrogens with one attached hydrogen (secondary N) is 1. The third kappa shape index (κ3) is 4.90. The Bertz CT molecular complexity index is 713. The molecule has 1 aromatic carbocycles. The number of rotatable bonds is 6. The van der Waals surface area contributed by atoms with Crippen LogP contribution in [-0.2, 0) is 14.4 Å². The normalized spacial score (nSPS) is 15.9. The number of thiocarbonyl (C=S) groups is 1. The van der Waals surface area contributed by atoms with Crippen LogP contribution in [0, 0.1) is 0 Å². The average molecular weight is 364 g/mol. The number of hydrogen-bond donors (Lipinski definition) is 2. The maximum absolute atomic E-state index is 12.4. The number of anilines is 1. The van der Waals surface area contributed by atoms with E-state index in [2.05, 4.69) is 5.32 Å². The van der Waals surface area contributed by atoms with Gasteiger partial charge in [-0.3, -0.25) is 19.3 Å². The van der Waals surface area contributed by atoms with E-state index in [1.54, 1.807) is 30.3 Å². The van der Waals surface area contributed by atoms with Gasteiger partial charge in [0, 0.05) is 25.6 Å². The third-order valence-electron chi connectivity index (χ3n) is 3.17. The van der Waals surface area contributed by atoms with Gasteiger partial charge in [-0.05, 0) is 30.2 Å². The van der Waals surface area contributed by atoms with E-state index in [9.17, 15) is 14.4 Å². The van der Waals surface area contributed by atoms with Crippen molar-refractivity contribution in [2.45, 2.75) is 19.8 Å². The number of nitrogens with zero attached hydrogens (tertiary/aromatic N) is 1. The summed E-state index contributed by atoms with van der Waals surface area (Å²) >= 11 is 6.39. The topological polar surface area (TPSA) is 86.7 Å². The standard InChI is InChI=1S/C16H16N2O4S2/c1-10(19)17-12-6-4-11(5-7-12)9-13-15(22)18(16(23)24-13)8-2-3-14(20)21/h4-7,9H,2-3,8H2,1H3,(H,17,19)(H,20,21)/b13-9-. The van der Waals surface area contributed by atoms with Crippen LogP contribution in [-0.4, -0.2) is 38.7 Å². The smallest absolute Gasteiger partial charge is 0.303 e. The molecule has 126 valence electrons. The van der Waals surface area contributed by atoms with Crippen LogP contribution in [0.15, 0.2) is 29.2 Å². The van der Waals surface area contributed by atoms with Crippen molar-refractivity contribution in [2.24, 2.45) is 0 Å². The molecule has 8 heteroatoms. The summed E-state index contributed by atoms with van der Waals surface area (Å²) in [5.41, 5.74) is 1.50. The molecule has 1 aliphatic rings. The molecule has 0 aliphatic carbocycles. The van der Waals surface area contributed by atoms with Crippen LogP contribution in [0.25, 0.3) is 6.08 Å². The summed E-state index contributed by atoms with van der Waals surface area (Å²) in [4.78, 5) is 35.8. The SMILES string of the molecule is CC(=O)Nc1ccc(/C=C2\SC(=S)N(CCCC(=O)O)C2=O)cc1. The monoisotopic (exact) mass is 364 g/mol. The van der Waals surface area contributed by atoms with Gasteiger partial charge < -0.3 is 10.4 Å². The van der Waals surface area contributed by atoms with Crippen LogP contribution < -0.4 is 5.32 Å². The fraction of sp³-hybridized carbons (Fsp3) is 0.250. The summed E-state index contributed by atoms with van der Waals surface area (Å²) in [6.07, 6.45) is 2.09. The molecule has 1 heterocycles. The van der Waals surface area contributed by atoms with Crippen LogP contribution >= 0.6 is 24.0 Å². The van der Waals surface area contributed by atoms with Crippen molar-refractivity contribution in [1.29, 1.82) is 0 Å². The van der Waals surface area contributed by atoms with E-state index in [0.29, 0.717) is 27.9 Å². The molecular formula is C16H16N2O4S2. The molecule has 0 saturated carbocycles. The number of carbonyl (C=O) groups excluding carboxylic acids is 2. The number of carbonyl (C=O) groups is 3. The van der Waals surface area contributed by atoms with Crippen molar-refractivity contribution in [1.82, 2.24) is 4.90 Å².